The molecule has 0 saturated carbocycles. The van der Waals surface area contributed by atoms with Gasteiger partial charge in [0, 0.05) is 12.0 Å². The SMILES string of the molecule is Cc1ccc([C@]2(CC(=O)OCCC[C@@H](C#N)c3ccccc3)CCOC(C)(C)C2)cc1. The number of hydrogen-bond acceptors (Lipinski definition) is 4. The molecule has 1 saturated heterocycles. The van der Waals surface area contributed by atoms with Gasteiger partial charge in [-0.1, -0.05) is 60.2 Å². The Morgan fingerprint density at radius 3 is 2.52 bits per heavy atom. The fraction of sp³-hybridized carbons (Fsp3) is 0.481. The van der Waals surface area contributed by atoms with Crippen LogP contribution in [0.3, 0.4) is 0 Å². The molecule has 0 amide bonds. The van der Waals surface area contributed by atoms with Gasteiger partial charge >= 0.3 is 5.97 Å². The van der Waals surface area contributed by atoms with Crippen LogP contribution in [0.2, 0.25) is 0 Å². The Kier molecular flexibility index (Phi) is 7.51. The first-order valence-corrected chi connectivity index (χ1v) is 11.1. The maximum absolute atomic E-state index is 12.8. The fourth-order valence-electron chi connectivity index (χ4n) is 4.68. The van der Waals surface area contributed by atoms with Crippen molar-refractivity contribution in [2.45, 2.75) is 69.8 Å². The highest BCUT2D eigenvalue weighted by atomic mass is 16.5. The van der Waals surface area contributed by atoms with Crippen LogP contribution in [-0.2, 0) is 19.7 Å². The van der Waals surface area contributed by atoms with E-state index in [2.05, 4.69) is 51.1 Å². The summed E-state index contributed by atoms with van der Waals surface area (Å²) in [4.78, 5) is 12.8. The molecule has 2 atom stereocenters. The number of nitriles is 1. The minimum Gasteiger partial charge on any atom is -0.466 e. The lowest BCUT2D eigenvalue weighted by molar-refractivity contribution is -0.148. The Balaban J connectivity index is 1.59. The number of esters is 1. The fourth-order valence-corrected chi connectivity index (χ4v) is 4.68. The van der Waals surface area contributed by atoms with Crippen LogP contribution in [0.4, 0.5) is 0 Å². The molecule has 3 rings (SSSR count). The minimum atomic E-state index is -0.279. The molecule has 2 aromatic carbocycles. The second-order valence-electron chi connectivity index (χ2n) is 9.31. The molecular formula is C27H33NO3. The predicted molar refractivity (Wildman–Crippen MR) is 122 cm³/mol. The molecule has 1 aliphatic heterocycles. The van der Waals surface area contributed by atoms with E-state index in [9.17, 15) is 10.1 Å². The van der Waals surface area contributed by atoms with Gasteiger partial charge in [0.1, 0.15) is 0 Å². The molecule has 0 unspecified atom stereocenters. The molecule has 0 bridgehead atoms. The standard InChI is InChI=1S/C27H33NO3/c1-21-11-13-24(14-12-21)27(15-17-31-26(2,3)20-27)18-25(29)30-16-7-10-23(19-28)22-8-5-4-6-9-22/h4-6,8-9,11-14,23H,7,10,15-18,20H2,1-3H3/t23-,27-/m0/s1. The molecule has 0 aromatic heterocycles. The van der Waals surface area contributed by atoms with E-state index in [-0.39, 0.29) is 22.9 Å². The molecule has 31 heavy (non-hydrogen) atoms. The van der Waals surface area contributed by atoms with Crippen LogP contribution >= 0.6 is 0 Å². The van der Waals surface area contributed by atoms with E-state index in [1.807, 2.05) is 30.3 Å². The molecule has 4 heteroatoms. The third-order valence-electron chi connectivity index (χ3n) is 6.24. The van der Waals surface area contributed by atoms with Gasteiger partial charge in [0.25, 0.3) is 0 Å². The number of rotatable bonds is 8. The highest BCUT2D eigenvalue weighted by Crippen LogP contribution is 2.44. The number of ether oxygens (including phenoxy) is 2. The van der Waals surface area contributed by atoms with Gasteiger partial charge in [-0.15, -0.1) is 0 Å². The highest BCUT2D eigenvalue weighted by Gasteiger charge is 2.43. The van der Waals surface area contributed by atoms with Gasteiger partial charge < -0.3 is 9.47 Å². The maximum atomic E-state index is 12.8. The first-order chi connectivity index (χ1) is 14.8. The summed E-state index contributed by atoms with van der Waals surface area (Å²) in [7, 11) is 0. The summed E-state index contributed by atoms with van der Waals surface area (Å²) < 4.78 is 11.6. The number of nitrogens with zero attached hydrogens (tertiary/aromatic N) is 1. The van der Waals surface area contributed by atoms with Crippen molar-refractivity contribution in [3.8, 4) is 6.07 Å². The summed E-state index contributed by atoms with van der Waals surface area (Å²) in [5.74, 6) is -0.346. The third-order valence-corrected chi connectivity index (χ3v) is 6.24. The zero-order valence-corrected chi connectivity index (χ0v) is 18.9. The van der Waals surface area contributed by atoms with E-state index in [4.69, 9.17) is 9.47 Å². The van der Waals surface area contributed by atoms with Crippen molar-refractivity contribution in [3.05, 3.63) is 71.3 Å². The van der Waals surface area contributed by atoms with Crippen molar-refractivity contribution in [3.63, 3.8) is 0 Å². The number of aryl methyl sites for hydroxylation is 1. The van der Waals surface area contributed by atoms with Crippen molar-refractivity contribution < 1.29 is 14.3 Å². The topological polar surface area (TPSA) is 59.3 Å². The average molecular weight is 420 g/mol. The summed E-state index contributed by atoms with van der Waals surface area (Å²) in [5, 5.41) is 9.46. The zero-order valence-electron chi connectivity index (χ0n) is 18.9. The Labute approximate surface area is 186 Å². The highest BCUT2D eigenvalue weighted by molar-refractivity contribution is 5.71. The van der Waals surface area contributed by atoms with Crippen LogP contribution < -0.4 is 0 Å². The summed E-state index contributed by atoms with van der Waals surface area (Å²) in [6.07, 6.45) is 3.29. The average Bonchev–Trinajstić information content (AvgIpc) is 2.74. The molecular weight excluding hydrogens is 386 g/mol. The molecule has 0 radical (unpaired) electrons. The molecule has 1 heterocycles. The number of benzene rings is 2. The molecule has 0 N–H and O–H groups in total. The Morgan fingerprint density at radius 1 is 1.16 bits per heavy atom. The van der Waals surface area contributed by atoms with Crippen LogP contribution in [0, 0.1) is 18.3 Å². The van der Waals surface area contributed by atoms with E-state index in [1.54, 1.807) is 0 Å². The lowest BCUT2D eigenvalue weighted by Gasteiger charge is -2.45. The first kappa shape index (κ1) is 23.0. The van der Waals surface area contributed by atoms with Gasteiger partial charge in [-0.05, 0) is 57.6 Å². The van der Waals surface area contributed by atoms with Crippen molar-refractivity contribution in [2.24, 2.45) is 0 Å². The Hall–Kier alpha value is -2.64. The summed E-state index contributed by atoms with van der Waals surface area (Å²) in [5.41, 5.74) is 2.85. The Morgan fingerprint density at radius 2 is 1.87 bits per heavy atom. The van der Waals surface area contributed by atoms with Crippen molar-refractivity contribution in [2.75, 3.05) is 13.2 Å². The van der Waals surface area contributed by atoms with Gasteiger partial charge in [0.15, 0.2) is 0 Å². The van der Waals surface area contributed by atoms with Crippen LogP contribution in [0.15, 0.2) is 54.6 Å². The number of carbonyl (C=O) groups is 1. The molecule has 1 aliphatic rings. The minimum absolute atomic E-state index is 0.171. The van der Waals surface area contributed by atoms with Gasteiger partial charge in [0.05, 0.1) is 30.6 Å². The van der Waals surface area contributed by atoms with Crippen LogP contribution in [0.1, 0.15) is 68.6 Å². The molecule has 0 aliphatic carbocycles. The van der Waals surface area contributed by atoms with Crippen molar-refractivity contribution in [1.29, 1.82) is 5.26 Å². The van der Waals surface area contributed by atoms with Crippen LogP contribution in [0.5, 0.6) is 0 Å². The van der Waals surface area contributed by atoms with Crippen LogP contribution in [-0.4, -0.2) is 24.8 Å². The van der Waals surface area contributed by atoms with Gasteiger partial charge in [-0.25, -0.2) is 0 Å². The Bertz CT molecular complexity index is 898. The summed E-state index contributed by atoms with van der Waals surface area (Å²) >= 11 is 0. The molecule has 0 spiro atoms. The third kappa shape index (κ3) is 6.18. The molecule has 1 fully saturated rings. The largest absolute Gasteiger partial charge is 0.466 e. The van der Waals surface area contributed by atoms with Crippen molar-refractivity contribution in [1.82, 2.24) is 0 Å². The molecule has 164 valence electrons. The van der Waals surface area contributed by atoms with Gasteiger partial charge in [-0.3, -0.25) is 4.79 Å². The van der Waals surface area contributed by atoms with E-state index >= 15 is 0 Å². The van der Waals surface area contributed by atoms with E-state index in [1.165, 1.54) is 11.1 Å². The second-order valence-corrected chi connectivity index (χ2v) is 9.31. The summed E-state index contributed by atoms with van der Waals surface area (Å²) in [6, 6.07) is 20.6. The maximum Gasteiger partial charge on any atom is 0.306 e. The van der Waals surface area contributed by atoms with Crippen LogP contribution in [0.25, 0.3) is 0 Å². The predicted octanol–water partition coefficient (Wildman–Crippen LogP) is 5.84. The quantitative estimate of drug-likeness (QED) is 0.398. The monoisotopic (exact) mass is 419 g/mol. The van der Waals surface area contributed by atoms with Gasteiger partial charge in [0.2, 0.25) is 0 Å². The smallest absolute Gasteiger partial charge is 0.306 e. The van der Waals surface area contributed by atoms with Crippen molar-refractivity contribution >= 4 is 5.97 Å². The molecule has 4 nitrogen and oxygen atoms in total. The summed E-state index contributed by atoms with van der Waals surface area (Å²) in [6.45, 7) is 7.23. The number of hydrogen-bond donors (Lipinski definition) is 0. The molecule has 2 aromatic rings. The lowest BCUT2D eigenvalue weighted by atomic mass is 9.67. The second kappa shape index (κ2) is 10.1. The first-order valence-electron chi connectivity index (χ1n) is 11.1. The normalized spacial score (nSPS) is 21.1. The van der Waals surface area contributed by atoms with E-state index < -0.39 is 0 Å². The number of carbonyl (C=O) groups excluding carboxylic acids is 1. The van der Waals surface area contributed by atoms with Gasteiger partial charge in [-0.2, -0.15) is 5.26 Å². The van der Waals surface area contributed by atoms with E-state index in [0.717, 1.165) is 18.4 Å². The lowest BCUT2D eigenvalue weighted by Crippen LogP contribution is -2.45. The van der Waals surface area contributed by atoms with E-state index in [0.29, 0.717) is 32.5 Å². The zero-order chi connectivity index (χ0) is 22.3.